The van der Waals surface area contributed by atoms with Crippen molar-refractivity contribution in [3.05, 3.63) is 43.0 Å². The summed E-state index contributed by atoms with van der Waals surface area (Å²) >= 11 is 0. The smallest absolute Gasteiger partial charge is 0.408 e. The number of carbonyl (C=O) groups excluding carboxylic acids is 2. The lowest BCUT2D eigenvalue weighted by molar-refractivity contribution is -0.139. The number of amides is 2. The van der Waals surface area contributed by atoms with Gasteiger partial charge >= 0.3 is 12.1 Å². The van der Waals surface area contributed by atoms with Crippen LogP contribution in [0.3, 0.4) is 0 Å². The fourth-order valence-electron chi connectivity index (χ4n) is 1.58. The number of aliphatic carboxylic acids is 1. The van der Waals surface area contributed by atoms with Crippen LogP contribution in [0.1, 0.15) is 12.8 Å². The molecule has 1 aromatic rings. The Labute approximate surface area is 133 Å². The second-order valence-corrected chi connectivity index (χ2v) is 4.50. The maximum atomic E-state index is 11.7. The Hall–Kier alpha value is -3.03. The third-order valence-corrected chi connectivity index (χ3v) is 2.70. The van der Waals surface area contributed by atoms with E-state index in [0.29, 0.717) is 5.69 Å². The molecule has 0 saturated heterocycles. The van der Waals surface area contributed by atoms with Crippen LogP contribution < -0.4 is 16.2 Å². The fourth-order valence-corrected chi connectivity index (χ4v) is 1.58. The number of ether oxygens (including phenoxy) is 1. The van der Waals surface area contributed by atoms with Crippen LogP contribution in [0.5, 0.6) is 0 Å². The standard InChI is InChI=1S/C15H19N3O5/c1-2-10-23-15(22)16-12(14(20)21)8-9-13(19)18-17-11-6-4-3-5-7-11/h2-7,12,17H,1,8-10H2,(H,16,22)(H,18,19)(H,20,21). The van der Waals surface area contributed by atoms with Crippen molar-refractivity contribution in [1.82, 2.24) is 10.7 Å². The van der Waals surface area contributed by atoms with Crippen molar-refractivity contribution < 1.29 is 24.2 Å². The van der Waals surface area contributed by atoms with E-state index in [-0.39, 0.29) is 19.4 Å². The van der Waals surface area contributed by atoms with Crippen LogP contribution in [-0.2, 0) is 14.3 Å². The van der Waals surface area contributed by atoms with E-state index in [1.54, 1.807) is 24.3 Å². The Morgan fingerprint density at radius 3 is 2.57 bits per heavy atom. The highest BCUT2D eigenvalue weighted by Gasteiger charge is 2.21. The maximum absolute atomic E-state index is 11.7. The third-order valence-electron chi connectivity index (χ3n) is 2.70. The minimum atomic E-state index is -1.25. The number of hydrogen-bond donors (Lipinski definition) is 4. The molecule has 0 heterocycles. The van der Waals surface area contributed by atoms with E-state index in [2.05, 4.69) is 27.5 Å². The molecule has 1 rings (SSSR count). The number of carboxylic acid groups (broad SMARTS) is 1. The molecule has 4 N–H and O–H groups in total. The minimum absolute atomic E-state index is 0.0281. The summed E-state index contributed by atoms with van der Waals surface area (Å²) in [5.74, 6) is -1.65. The second-order valence-electron chi connectivity index (χ2n) is 4.50. The van der Waals surface area contributed by atoms with E-state index in [1.165, 1.54) is 6.08 Å². The van der Waals surface area contributed by atoms with Crippen LogP contribution in [0.15, 0.2) is 43.0 Å². The van der Waals surface area contributed by atoms with Crippen LogP contribution in [-0.4, -0.2) is 35.7 Å². The molecule has 8 heteroatoms. The lowest BCUT2D eigenvalue weighted by Gasteiger charge is -2.14. The summed E-state index contributed by atoms with van der Waals surface area (Å²) in [4.78, 5) is 34.1. The van der Waals surface area contributed by atoms with Crippen molar-refractivity contribution in [3.63, 3.8) is 0 Å². The van der Waals surface area contributed by atoms with E-state index >= 15 is 0 Å². The molecular weight excluding hydrogens is 302 g/mol. The number of nitrogens with one attached hydrogen (secondary N) is 3. The molecule has 0 aromatic heterocycles. The van der Waals surface area contributed by atoms with E-state index in [4.69, 9.17) is 5.11 Å². The normalized spacial score (nSPS) is 11.0. The average Bonchev–Trinajstić information content (AvgIpc) is 2.55. The van der Waals surface area contributed by atoms with Gasteiger partial charge < -0.3 is 15.2 Å². The summed E-state index contributed by atoms with van der Waals surface area (Å²) in [6, 6.07) is 7.74. The van der Waals surface area contributed by atoms with Gasteiger partial charge in [-0.3, -0.25) is 15.6 Å². The first-order valence-electron chi connectivity index (χ1n) is 6.90. The van der Waals surface area contributed by atoms with Gasteiger partial charge in [0, 0.05) is 6.42 Å². The Balaban J connectivity index is 2.36. The number of rotatable bonds is 9. The van der Waals surface area contributed by atoms with Gasteiger partial charge in [-0.15, -0.1) is 0 Å². The SMILES string of the molecule is C=CCOC(=O)NC(CCC(=O)NNc1ccccc1)C(=O)O. The zero-order valence-corrected chi connectivity index (χ0v) is 12.5. The predicted octanol–water partition coefficient (Wildman–Crippen LogP) is 1.28. The van der Waals surface area contributed by atoms with Crippen LogP contribution in [0.25, 0.3) is 0 Å². The Kier molecular flexibility index (Phi) is 7.70. The Morgan fingerprint density at radius 2 is 1.96 bits per heavy atom. The van der Waals surface area contributed by atoms with Gasteiger partial charge in [-0.25, -0.2) is 9.59 Å². The highest BCUT2D eigenvalue weighted by Crippen LogP contribution is 2.03. The van der Waals surface area contributed by atoms with Crippen molar-refractivity contribution >= 4 is 23.7 Å². The monoisotopic (exact) mass is 321 g/mol. The molecule has 1 atom stereocenters. The van der Waals surface area contributed by atoms with Crippen LogP contribution >= 0.6 is 0 Å². The number of carboxylic acids is 1. The summed E-state index contributed by atoms with van der Waals surface area (Å²) in [5.41, 5.74) is 5.83. The summed E-state index contributed by atoms with van der Waals surface area (Å²) < 4.78 is 4.64. The highest BCUT2D eigenvalue weighted by molar-refractivity contribution is 5.82. The molecule has 0 aliphatic rings. The van der Waals surface area contributed by atoms with Gasteiger partial charge in [0.25, 0.3) is 0 Å². The first kappa shape index (κ1) is 18.0. The van der Waals surface area contributed by atoms with Gasteiger partial charge in [0.05, 0.1) is 5.69 Å². The summed E-state index contributed by atoms with van der Waals surface area (Å²) in [6.07, 6.45) is 0.331. The zero-order chi connectivity index (χ0) is 17.1. The molecule has 23 heavy (non-hydrogen) atoms. The number of benzene rings is 1. The minimum Gasteiger partial charge on any atom is -0.480 e. The topological polar surface area (TPSA) is 117 Å². The van der Waals surface area contributed by atoms with Crippen LogP contribution in [0, 0.1) is 0 Å². The van der Waals surface area contributed by atoms with Gasteiger partial charge in [0.1, 0.15) is 12.6 Å². The molecular formula is C15H19N3O5. The van der Waals surface area contributed by atoms with E-state index in [9.17, 15) is 14.4 Å². The average molecular weight is 321 g/mol. The molecule has 8 nitrogen and oxygen atoms in total. The number of anilines is 1. The first-order valence-corrected chi connectivity index (χ1v) is 6.90. The number of para-hydroxylation sites is 1. The lowest BCUT2D eigenvalue weighted by Crippen LogP contribution is -2.42. The van der Waals surface area contributed by atoms with Crippen molar-refractivity contribution in [2.24, 2.45) is 0 Å². The van der Waals surface area contributed by atoms with Crippen LogP contribution in [0.4, 0.5) is 10.5 Å². The largest absolute Gasteiger partial charge is 0.480 e. The quantitative estimate of drug-likeness (QED) is 0.402. The van der Waals surface area contributed by atoms with E-state index < -0.39 is 24.0 Å². The molecule has 1 aromatic carbocycles. The summed E-state index contributed by atoms with van der Waals surface area (Å²) in [7, 11) is 0. The number of hydrogen-bond acceptors (Lipinski definition) is 5. The molecule has 0 radical (unpaired) electrons. The highest BCUT2D eigenvalue weighted by atomic mass is 16.5. The molecule has 1 unspecified atom stereocenters. The molecule has 0 saturated carbocycles. The van der Waals surface area contributed by atoms with Crippen molar-refractivity contribution in [1.29, 1.82) is 0 Å². The van der Waals surface area contributed by atoms with Gasteiger partial charge in [-0.1, -0.05) is 30.9 Å². The van der Waals surface area contributed by atoms with Gasteiger partial charge in [0.15, 0.2) is 0 Å². The van der Waals surface area contributed by atoms with Crippen molar-refractivity contribution in [2.75, 3.05) is 12.0 Å². The van der Waals surface area contributed by atoms with Crippen molar-refractivity contribution in [3.8, 4) is 0 Å². The maximum Gasteiger partial charge on any atom is 0.408 e. The fraction of sp³-hybridized carbons (Fsp3) is 0.267. The summed E-state index contributed by atoms with van der Waals surface area (Å²) in [6.45, 7) is 3.34. The van der Waals surface area contributed by atoms with Gasteiger partial charge in [-0.2, -0.15) is 0 Å². The van der Waals surface area contributed by atoms with Crippen molar-refractivity contribution in [2.45, 2.75) is 18.9 Å². The Bertz CT molecular complexity index is 547. The number of carbonyl (C=O) groups is 3. The summed E-state index contributed by atoms with van der Waals surface area (Å²) in [5, 5.41) is 11.2. The van der Waals surface area contributed by atoms with E-state index in [1.807, 2.05) is 6.07 Å². The first-order chi connectivity index (χ1) is 11.0. The molecule has 0 spiro atoms. The lowest BCUT2D eigenvalue weighted by atomic mass is 10.1. The zero-order valence-electron chi connectivity index (χ0n) is 12.5. The molecule has 0 aliphatic carbocycles. The molecule has 0 aliphatic heterocycles. The number of hydrazine groups is 1. The van der Waals surface area contributed by atoms with Gasteiger partial charge in [0.2, 0.25) is 5.91 Å². The van der Waals surface area contributed by atoms with E-state index in [0.717, 1.165) is 0 Å². The molecule has 124 valence electrons. The Morgan fingerprint density at radius 1 is 1.26 bits per heavy atom. The van der Waals surface area contributed by atoms with Crippen LogP contribution in [0.2, 0.25) is 0 Å². The predicted molar refractivity (Wildman–Crippen MR) is 83.5 cm³/mol. The van der Waals surface area contributed by atoms with Gasteiger partial charge in [-0.05, 0) is 18.6 Å². The third kappa shape index (κ3) is 7.51. The number of alkyl carbamates (subject to hydrolysis) is 1. The molecule has 0 bridgehead atoms. The molecule has 0 fully saturated rings. The second kappa shape index (κ2) is 9.82. The molecule has 2 amide bonds.